The van der Waals surface area contributed by atoms with Gasteiger partial charge in [-0.2, -0.15) is 0 Å². The fourth-order valence-corrected chi connectivity index (χ4v) is 3.66. The molecule has 1 aliphatic rings. The Kier molecular flexibility index (Phi) is 3.56. The molecule has 1 fully saturated rings. The lowest BCUT2D eigenvalue weighted by atomic mass is 10.2. The smallest absolute Gasteiger partial charge is 0.134 e. The summed E-state index contributed by atoms with van der Waals surface area (Å²) in [7, 11) is 1.91. The maximum Gasteiger partial charge on any atom is 0.134 e. The predicted octanol–water partition coefficient (Wildman–Crippen LogP) is 4.20. The van der Waals surface area contributed by atoms with Gasteiger partial charge in [0.25, 0.3) is 0 Å². The van der Waals surface area contributed by atoms with E-state index >= 15 is 0 Å². The Balaban J connectivity index is 2.07. The van der Waals surface area contributed by atoms with Crippen molar-refractivity contribution in [2.75, 3.05) is 7.05 Å². The molecule has 19 heavy (non-hydrogen) atoms. The molecule has 0 spiro atoms. The van der Waals surface area contributed by atoms with Crippen molar-refractivity contribution in [2.24, 2.45) is 0 Å². The first-order valence-electron chi connectivity index (χ1n) is 6.29. The molecule has 1 aromatic carbocycles. The fraction of sp³-hybridized carbons (Fsp3) is 0.357. The molecule has 1 saturated carbocycles. The van der Waals surface area contributed by atoms with Gasteiger partial charge in [0.1, 0.15) is 10.8 Å². The molecule has 1 N–H and O–H groups in total. The molecular formula is C14H14ClFN2S. The van der Waals surface area contributed by atoms with Crippen LogP contribution in [0.4, 0.5) is 4.39 Å². The third-order valence-electron chi connectivity index (χ3n) is 3.21. The van der Waals surface area contributed by atoms with E-state index in [1.165, 1.54) is 35.1 Å². The number of nitrogens with zero attached hydrogens (tertiary/aromatic N) is 1. The lowest BCUT2D eigenvalue weighted by Gasteiger charge is -2.01. The molecule has 1 heterocycles. The second kappa shape index (κ2) is 5.19. The number of thiazole rings is 1. The summed E-state index contributed by atoms with van der Waals surface area (Å²) < 4.78 is 13.9. The van der Waals surface area contributed by atoms with Crippen molar-refractivity contribution in [1.29, 1.82) is 0 Å². The zero-order chi connectivity index (χ0) is 13.4. The first-order chi connectivity index (χ1) is 9.20. The van der Waals surface area contributed by atoms with Crippen LogP contribution in [0.1, 0.15) is 29.3 Å². The van der Waals surface area contributed by atoms with Crippen LogP contribution in [-0.4, -0.2) is 12.0 Å². The predicted molar refractivity (Wildman–Crippen MR) is 77.3 cm³/mol. The molecule has 1 aliphatic carbocycles. The number of rotatable bonds is 4. The first-order valence-corrected chi connectivity index (χ1v) is 7.48. The maximum absolute atomic E-state index is 13.9. The highest BCUT2D eigenvalue weighted by Gasteiger charge is 2.30. The van der Waals surface area contributed by atoms with Crippen LogP contribution in [0.25, 0.3) is 10.6 Å². The van der Waals surface area contributed by atoms with E-state index in [0.29, 0.717) is 21.5 Å². The zero-order valence-corrected chi connectivity index (χ0v) is 12.1. The maximum atomic E-state index is 13.9. The minimum Gasteiger partial charge on any atom is -0.315 e. The van der Waals surface area contributed by atoms with Gasteiger partial charge in [-0.05, 0) is 32.0 Å². The zero-order valence-electron chi connectivity index (χ0n) is 10.5. The minimum absolute atomic E-state index is 0.306. The molecule has 3 rings (SSSR count). The van der Waals surface area contributed by atoms with Crippen LogP contribution in [0.15, 0.2) is 18.2 Å². The third-order valence-corrected chi connectivity index (χ3v) is 4.61. The minimum atomic E-state index is -0.306. The molecule has 0 unspecified atom stereocenters. The highest BCUT2D eigenvalue weighted by molar-refractivity contribution is 7.15. The summed E-state index contributed by atoms with van der Waals surface area (Å²) in [4.78, 5) is 5.83. The van der Waals surface area contributed by atoms with Crippen molar-refractivity contribution >= 4 is 22.9 Å². The Morgan fingerprint density at radius 1 is 1.47 bits per heavy atom. The number of aromatic nitrogens is 1. The second-order valence-electron chi connectivity index (χ2n) is 4.73. The molecule has 5 heteroatoms. The van der Waals surface area contributed by atoms with E-state index in [4.69, 9.17) is 11.6 Å². The van der Waals surface area contributed by atoms with E-state index in [2.05, 4.69) is 10.3 Å². The largest absolute Gasteiger partial charge is 0.315 e. The summed E-state index contributed by atoms with van der Waals surface area (Å²) in [5.74, 6) is 0.249. The van der Waals surface area contributed by atoms with Gasteiger partial charge in [0, 0.05) is 17.3 Å². The molecule has 1 aromatic heterocycles. The molecule has 0 bridgehead atoms. The first kappa shape index (κ1) is 13.0. The standard InChI is InChI=1S/C14H14ClFN2S/c1-17-7-11-13(8-5-6-8)18-14(19-11)12-9(15)3-2-4-10(12)16/h2-4,8,17H,5-7H2,1H3. The molecule has 2 aromatic rings. The van der Waals surface area contributed by atoms with Gasteiger partial charge in [0.05, 0.1) is 16.3 Å². The van der Waals surface area contributed by atoms with Crippen molar-refractivity contribution in [1.82, 2.24) is 10.3 Å². The third kappa shape index (κ3) is 2.53. The van der Waals surface area contributed by atoms with Crippen molar-refractivity contribution in [3.8, 4) is 10.6 Å². The normalized spacial score (nSPS) is 14.9. The van der Waals surface area contributed by atoms with Crippen molar-refractivity contribution in [3.63, 3.8) is 0 Å². The molecule has 0 radical (unpaired) electrons. The van der Waals surface area contributed by atoms with Gasteiger partial charge in [0.2, 0.25) is 0 Å². The van der Waals surface area contributed by atoms with Crippen LogP contribution in [0, 0.1) is 5.82 Å². The summed E-state index contributed by atoms with van der Waals surface area (Å²) in [6, 6.07) is 4.75. The quantitative estimate of drug-likeness (QED) is 0.914. The second-order valence-corrected chi connectivity index (χ2v) is 6.22. The lowest BCUT2D eigenvalue weighted by molar-refractivity contribution is 0.631. The highest BCUT2D eigenvalue weighted by Crippen LogP contribution is 2.45. The molecule has 0 saturated heterocycles. The van der Waals surface area contributed by atoms with Crippen LogP contribution in [0.2, 0.25) is 5.02 Å². The topological polar surface area (TPSA) is 24.9 Å². The summed E-state index contributed by atoms with van der Waals surface area (Å²) in [5, 5.41) is 4.26. The van der Waals surface area contributed by atoms with Gasteiger partial charge in [-0.1, -0.05) is 17.7 Å². The molecule has 0 aliphatic heterocycles. The number of halogens is 2. The molecule has 100 valence electrons. The lowest BCUT2D eigenvalue weighted by Crippen LogP contribution is -2.05. The monoisotopic (exact) mass is 296 g/mol. The van der Waals surface area contributed by atoms with Crippen LogP contribution < -0.4 is 5.32 Å². The number of hydrogen-bond acceptors (Lipinski definition) is 3. The SMILES string of the molecule is CNCc1sc(-c2c(F)cccc2Cl)nc1C1CC1. The van der Waals surface area contributed by atoms with Crippen LogP contribution in [0.3, 0.4) is 0 Å². The van der Waals surface area contributed by atoms with Gasteiger partial charge < -0.3 is 5.32 Å². The van der Waals surface area contributed by atoms with E-state index in [1.54, 1.807) is 12.1 Å². The average Bonchev–Trinajstić information content (AvgIpc) is 3.13. The van der Waals surface area contributed by atoms with Gasteiger partial charge in [-0.3, -0.25) is 0 Å². The van der Waals surface area contributed by atoms with Gasteiger partial charge in [-0.15, -0.1) is 11.3 Å². The van der Waals surface area contributed by atoms with Gasteiger partial charge in [-0.25, -0.2) is 9.37 Å². The number of hydrogen-bond donors (Lipinski definition) is 1. The highest BCUT2D eigenvalue weighted by atomic mass is 35.5. The molecule has 0 atom stereocenters. The van der Waals surface area contributed by atoms with Crippen molar-refractivity contribution in [3.05, 3.63) is 39.6 Å². The van der Waals surface area contributed by atoms with Gasteiger partial charge in [0.15, 0.2) is 0 Å². The Morgan fingerprint density at radius 3 is 2.89 bits per heavy atom. The molecule has 2 nitrogen and oxygen atoms in total. The fourth-order valence-electron chi connectivity index (χ4n) is 2.14. The van der Waals surface area contributed by atoms with Crippen LogP contribution in [-0.2, 0) is 6.54 Å². The Morgan fingerprint density at radius 2 is 2.26 bits per heavy atom. The Hall–Kier alpha value is -0.970. The Labute approximate surface area is 120 Å². The van der Waals surface area contributed by atoms with E-state index in [-0.39, 0.29) is 5.82 Å². The van der Waals surface area contributed by atoms with E-state index in [1.807, 2.05) is 7.05 Å². The van der Waals surface area contributed by atoms with E-state index in [0.717, 1.165) is 12.2 Å². The molecule has 0 amide bonds. The van der Waals surface area contributed by atoms with Crippen LogP contribution in [0.5, 0.6) is 0 Å². The Bertz CT molecular complexity index is 587. The van der Waals surface area contributed by atoms with E-state index < -0.39 is 0 Å². The molecular weight excluding hydrogens is 283 g/mol. The van der Waals surface area contributed by atoms with Crippen LogP contribution >= 0.6 is 22.9 Å². The number of nitrogens with one attached hydrogen (secondary N) is 1. The number of benzene rings is 1. The summed E-state index contributed by atoms with van der Waals surface area (Å²) in [5.41, 5.74) is 1.55. The van der Waals surface area contributed by atoms with Gasteiger partial charge >= 0.3 is 0 Å². The van der Waals surface area contributed by atoms with E-state index in [9.17, 15) is 4.39 Å². The van der Waals surface area contributed by atoms with Crippen molar-refractivity contribution in [2.45, 2.75) is 25.3 Å². The van der Waals surface area contributed by atoms with Crippen molar-refractivity contribution < 1.29 is 4.39 Å². The summed E-state index contributed by atoms with van der Waals surface area (Å²) in [6.45, 7) is 0.773. The average molecular weight is 297 g/mol. The summed E-state index contributed by atoms with van der Waals surface area (Å²) in [6.07, 6.45) is 2.37. The summed E-state index contributed by atoms with van der Waals surface area (Å²) >= 11 is 7.64.